The lowest BCUT2D eigenvalue weighted by Crippen LogP contribution is -2.16. The van der Waals surface area contributed by atoms with E-state index in [2.05, 4.69) is 11.1 Å². The summed E-state index contributed by atoms with van der Waals surface area (Å²) < 4.78 is 0. The van der Waals surface area contributed by atoms with Crippen LogP contribution in [-0.4, -0.2) is 22.6 Å². The molecule has 1 aliphatic rings. The van der Waals surface area contributed by atoms with Crippen LogP contribution in [0.4, 0.5) is 10.8 Å². The maximum Gasteiger partial charge on any atom is 0.355 e. The van der Waals surface area contributed by atoms with Crippen molar-refractivity contribution in [3.63, 3.8) is 0 Å². The molecule has 1 heterocycles. The summed E-state index contributed by atoms with van der Waals surface area (Å²) in [7, 11) is 0. The predicted molar refractivity (Wildman–Crippen MR) is 84.9 cm³/mol. The molecule has 2 aromatic rings. The zero-order valence-corrected chi connectivity index (χ0v) is 12.9. The topological polar surface area (TPSA) is 77.2 Å². The summed E-state index contributed by atoms with van der Waals surface area (Å²) in [6.45, 7) is 2.68. The molecule has 0 amide bonds. The van der Waals surface area contributed by atoms with E-state index in [4.69, 9.17) is 5.26 Å². The minimum Gasteiger partial charge on any atom is -0.476 e. The number of aromatic carboxylic acids is 1. The van der Waals surface area contributed by atoms with E-state index in [-0.39, 0.29) is 5.69 Å². The molecule has 1 N–H and O–H groups in total. The fraction of sp³-hybridized carbons (Fsp3) is 0.312. The molecule has 5 nitrogen and oxygen atoms in total. The molecule has 6 heteroatoms. The predicted octanol–water partition coefficient (Wildman–Crippen LogP) is 3.75. The molecule has 1 fully saturated rings. The summed E-state index contributed by atoms with van der Waals surface area (Å²) in [5.74, 6) is -0.600. The van der Waals surface area contributed by atoms with Crippen LogP contribution in [0.5, 0.6) is 0 Å². The lowest BCUT2D eigenvalue weighted by atomic mass is 10.2. The van der Waals surface area contributed by atoms with Gasteiger partial charge in [-0.2, -0.15) is 5.26 Å². The molecule has 1 saturated carbocycles. The second-order valence-electron chi connectivity index (χ2n) is 5.19. The Morgan fingerprint density at radius 1 is 1.45 bits per heavy atom. The van der Waals surface area contributed by atoms with E-state index in [9.17, 15) is 9.90 Å². The van der Waals surface area contributed by atoms with Crippen molar-refractivity contribution in [3.05, 3.63) is 40.4 Å². The molecule has 0 spiro atoms. The first-order valence-electron chi connectivity index (χ1n) is 7.15. The van der Waals surface area contributed by atoms with E-state index in [1.807, 2.05) is 24.0 Å². The maximum atomic E-state index is 11.4. The van der Waals surface area contributed by atoms with Gasteiger partial charge in [-0.3, -0.25) is 0 Å². The van der Waals surface area contributed by atoms with Crippen molar-refractivity contribution in [2.75, 3.05) is 11.4 Å². The van der Waals surface area contributed by atoms with Crippen LogP contribution in [0, 0.1) is 11.3 Å². The van der Waals surface area contributed by atoms with Gasteiger partial charge in [0.25, 0.3) is 0 Å². The summed E-state index contributed by atoms with van der Waals surface area (Å²) >= 11 is 1.46. The molecular formula is C16H15N3O2S. The zero-order chi connectivity index (χ0) is 15.7. The fourth-order valence-electron chi connectivity index (χ4n) is 2.36. The van der Waals surface area contributed by atoms with Crippen molar-refractivity contribution in [1.82, 2.24) is 4.98 Å². The number of anilines is 2. The Morgan fingerprint density at radius 2 is 2.14 bits per heavy atom. The van der Waals surface area contributed by atoms with Crippen LogP contribution in [0.1, 0.15) is 46.6 Å². The first-order chi connectivity index (χ1) is 10.6. The smallest absolute Gasteiger partial charge is 0.355 e. The third kappa shape index (κ3) is 2.68. The molecule has 1 aromatic carbocycles. The number of carboxylic acid groups (broad SMARTS) is 1. The van der Waals surface area contributed by atoms with E-state index in [0.29, 0.717) is 23.2 Å². The van der Waals surface area contributed by atoms with Gasteiger partial charge in [-0.25, -0.2) is 9.78 Å². The Morgan fingerprint density at radius 3 is 2.64 bits per heavy atom. The second kappa shape index (κ2) is 5.78. The Hall–Kier alpha value is -2.39. The van der Waals surface area contributed by atoms with Crippen LogP contribution in [0.25, 0.3) is 0 Å². The van der Waals surface area contributed by atoms with Crippen molar-refractivity contribution in [3.8, 4) is 6.07 Å². The standard InChI is InChI=1S/C16H15N3O2S/c1-2-19(12-7-3-10(9-17)4-8-12)16-18-13(15(20)21)14(22-16)11-5-6-11/h3-4,7-8,11H,2,5-6H2,1H3,(H,20,21). The minimum atomic E-state index is -0.958. The fourth-order valence-corrected chi connectivity index (χ4v) is 3.67. The summed E-state index contributed by atoms with van der Waals surface area (Å²) in [5, 5.41) is 18.9. The van der Waals surface area contributed by atoms with E-state index >= 15 is 0 Å². The number of hydrogen-bond acceptors (Lipinski definition) is 5. The number of benzene rings is 1. The van der Waals surface area contributed by atoms with Gasteiger partial charge >= 0.3 is 5.97 Å². The first kappa shape index (κ1) is 14.5. The number of rotatable bonds is 5. The molecule has 0 saturated heterocycles. The molecule has 112 valence electrons. The molecule has 1 aromatic heterocycles. The van der Waals surface area contributed by atoms with Crippen molar-refractivity contribution in [1.29, 1.82) is 5.26 Å². The lowest BCUT2D eigenvalue weighted by molar-refractivity contribution is 0.0690. The van der Waals surface area contributed by atoms with Crippen molar-refractivity contribution < 1.29 is 9.90 Å². The van der Waals surface area contributed by atoms with Crippen LogP contribution >= 0.6 is 11.3 Å². The molecule has 22 heavy (non-hydrogen) atoms. The number of thiazole rings is 1. The maximum absolute atomic E-state index is 11.4. The van der Waals surface area contributed by atoms with Crippen molar-refractivity contribution in [2.45, 2.75) is 25.7 Å². The minimum absolute atomic E-state index is 0.189. The highest BCUT2D eigenvalue weighted by Gasteiger charge is 2.32. The Balaban J connectivity index is 1.97. The molecule has 0 unspecified atom stereocenters. The number of nitrogens with zero attached hydrogens (tertiary/aromatic N) is 3. The molecule has 0 aliphatic heterocycles. The third-order valence-electron chi connectivity index (χ3n) is 3.65. The summed E-state index contributed by atoms with van der Waals surface area (Å²) in [4.78, 5) is 18.6. The quantitative estimate of drug-likeness (QED) is 0.909. The SMILES string of the molecule is CCN(c1ccc(C#N)cc1)c1nc(C(=O)O)c(C2CC2)s1. The van der Waals surface area contributed by atoms with Gasteiger partial charge in [-0.05, 0) is 49.9 Å². The van der Waals surface area contributed by atoms with Gasteiger partial charge in [0.05, 0.1) is 11.6 Å². The van der Waals surface area contributed by atoms with Crippen LogP contribution in [0.15, 0.2) is 24.3 Å². The molecule has 0 radical (unpaired) electrons. The summed E-state index contributed by atoms with van der Waals surface area (Å²) in [5.41, 5.74) is 1.70. The molecule has 0 bridgehead atoms. The van der Waals surface area contributed by atoms with E-state index in [1.165, 1.54) is 11.3 Å². The number of aromatic nitrogens is 1. The monoisotopic (exact) mass is 313 g/mol. The van der Waals surface area contributed by atoms with Crippen LogP contribution in [0.3, 0.4) is 0 Å². The normalized spacial score (nSPS) is 13.6. The average Bonchev–Trinajstić information content (AvgIpc) is 3.28. The largest absolute Gasteiger partial charge is 0.476 e. The molecule has 3 rings (SSSR count). The second-order valence-corrected chi connectivity index (χ2v) is 6.20. The zero-order valence-electron chi connectivity index (χ0n) is 12.1. The van der Waals surface area contributed by atoms with Crippen LogP contribution < -0.4 is 4.90 Å². The van der Waals surface area contributed by atoms with E-state index in [0.717, 1.165) is 23.4 Å². The number of hydrogen-bond donors (Lipinski definition) is 1. The first-order valence-corrected chi connectivity index (χ1v) is 7.97. The number of carboxylic acids is 1. The Bertz CT molecular complexity index is 742. The summed E-state index contributed by atoms with van der Waals surface area (Å²) in [6, 6.07) is 9.33. The highest BCUT2D eigenvalue weighted by atomic mass is 32.1. The van der Waals surface area contributed by atoms with Gasteiger partial charge < -0.3 is 10.0 Å². The van der Waals surface area contributed by atoms with Gasteiger partial charge in [0.2, 0.25) is 0 Å². The average molecular weight is 313 g/mol. The van der Waals surface area contributed by atoms with Crippen molar-refractivity contribution in [2.24, 2.45) is 0 Å². The van der Waals surface area contributed by atoms with Gasteiger partial charge in [-0.15, -0.1) is 11.3 Å². The van der Waals surface area contributed by atoms with E-state index in [1.54, 1.807) is 12.1 Å². The summed E-state index contributed by atoms with van der Waals surface area (Å²) in [6.07, 6.45) is 2.09. The van der Waals surface area contributed by atoms with Crippen LogP contribution in [-0.2, 0) is 0 Å². The van der Waals surface area contributed by atoms with Crippen molar-refractivity contribution >= 4 is 28.1 Å². The Labute approximate surface area is 132 Å². The molecule has 1 aliphatic carbocycles. The lowest BCUT2D eigenvalue weighted by Gasteiger charge is -2.19. The number of nitriles is 1. The van der Waals surface area contributed by atoms with Crippen LogP contribution in [0.2, 0.25) is 0 Å². The van der Waals surface area contributed by atoms with Gasteiger partial charge in [0.1, 0.15) is 0 Å². The highest BCUT2D eigenvalue weighted by molar-refractivity contribution is 7.16. The number of carbonyl (C=O) groups is 1. The van der Waals surface area contributed by atoms with Gasteiger partial charge in [0.15, 0.2) is 10.8 Å². The van der Waals surface area contributed by atoms with E-state index < -0.39 is 5.97 Å². The molecular weight excluding hydrogens is 298 g/mol. The van der Waals surface area contributed by atoms with Gasteiger partial charge in [-0.1, -0.05) is 0 Å². The Kier molecular flexibility index (Phi) is 3.82. The van der Waals surface area contributed by atoms with Gasteiger partial charge in [0, 0.05) is 17.1 Å². The molecule has 0 atom stereocenters. The third-order valence-corrected chi connectivity index (χ3v) is 4.89. The highest BCUT2D eigenvalue weighted by Crippen LogP contribution is 2.46.